The first-order valence-corrected chi connectivity index (χ1v) is 4.47. The van der Waals surface area contributed by atoms with E-state index < -0.39 is 0 Å². The molecule has 4 heteroatoms. The van der Waals surface area contributed by atoms with Gasteiger partial charge in [-0.05, 0) is 0 Å². The van der Waals surface area contributed by atoms with Crippen LogP contribution < -0.4 is 5.32 Å². The Morgan fingerprint density at radius 1 is 1.62 bits per heavy atom. The van der Waals surface area contributed by atoms with Crippen molar-refractivity contribution in [2.75, 3.05) is 13.2 Å². The highest BCUT2D eigenvalue weighted by atomic mass is 16.5. The van der Waals surface area contributed by atoms with Gasteiger partial charge in [-0.1, -0.05) is 20.8 Å². The van der Waals surface area contributed by atoms with Crippen molar-refractivity contribution in [2.45, 2.75) is 33.0 Å². The van der Waals surface area contributed by atoms with E-state index in [2.05, 4.69) is 30.8 Å². The van der Waals surface area contributed by atoms with Gasteiger partial charge in [-0.2, -0.15) is 0 Å². The number of carbonyl (C=O) groups excluding carboxylic acids is 1. The highest BCUT2D eigenvalue weighted by Crippen LogP contribution is 2.23. The summed E-state index contributed by atoms with van der Waals surface area (Å²) in [7, 11) is 0. The van der Waals surface area contributed by atoms with Crippen molar-refractivity contribution in [1.82, 2.24) is 5.32 Å². The number of hydrogen-bond donors (Lipinski definition) is 1. The number of hydrogen-bond acceptors (Lipinski definition) is 4. The van der Waals surface area contributed by atoms with Crippen molar-refractivity contribution in [3.05, 3.63) is 0 Å². The van der Waals surface area contributed by atoms with E-state index in [0.29, 0.717) is 19.7 Å². The van der Waals surface area contributed by atoms with Gasteiger partial charge in [0.1, 0.15) is 12.8 Å². The van der Waals surface area contributed by atoms with E-state index in [1.165, 1.54) is 0 Å². The third-order valence-corrected chi connectivity index (χ3v) is 2.00. The van der Waals surface area contributed by atoms with Gasteiger partial charge in [0.05, 0.1) is 12.6 Å². The molecule has 0 radical (unpaired) electrons. The van der Waals surface area contributed by atoms with Gasteiger partial charge < -0.3 is 9.47 Å². The zero-order chi connectivity index (χ0) is 9.90. The first-order valence-electron chi connectivity index (χ1n) is 4.47. The van der Waals surface area contributed by atoms with Crippen LogP contribution >= 0.6 is 0 Å². The fraction of sp³-hybridized carbons (Fsp3) is 0.889. The summed E-state index contributed by atoms with van der Waals surface area (Å²) < 4.78 is 10.2. The second-order valence-corrected chi connectivity index (χ2v) is 4.37. The van der Waals surface area contributed by atoms with E-state index >= 15 is 0 Å². The maximum absolute atomic E-state index is 9.95. The van der Waals surface area contributed by atoms with Crippen LogP contribution in [0.2, 0.25) is 0 Å². The molecule has 0 saturated carbocycles. The van der Waals surface area contributed by atoms with Gasteiger partial charge in [-0.3, -0.25) is 10.1 Å². The minimum Gasteiger partial charge on any atom is -0.466 e. The van der Waals surface area contributed by atoms with Crippen LogP contribution in [0.5, 0.6) is 0 Å². The molecule has 1 heterocycles. The first kappa shape index (κ1) is 10.5. The Morgan fingerprint density at radius 2 is 2.31 bits per heavy atom. The SMILES string of the molecule is CC(C)(C)C1NC(COC=O)CO1. The lowest BCUT2D eigenvalue weighted by molar-refractivity contribution is -0.129. The van der Waals surface area contributed by atoms with Gasteiger partial charge in [0.25, 0.3) is 6.47 Å². The third kappa shape index (κ3) is 2.97. The summed E-state index contributed by atoms with van der Waals surface area (Å²) in [6.07, 6.45) is 0.0488. The van der Waals surface area contributed by atoms with Crippen LogP contribution in [0, 0.1) is 5.41 Å². The molecular weight excluding hydrogens is 170 g/mol. The Kier molecular flexibility index (Phi) is 3.27. The van der Waals surface area contributed by atoms with Crippen molar-refractivity contribution in [3.8, 4) is 0 Å². The zero-order valence-corrected chi connectivity index (χ0v) is 8.37. The van der Waals surface area contributed by atoms with Gasteiger partial charge in [-0.15, -0.1) is 0 Å². The molecule has 1 aliphatic rings. The highest BCUT2D eigenvalue weighted by Gasteiger charge is 2.33. The van der Waals surface area contributed by atoms with E-state index in [1.54, 1.807) is 0 Å². The van der Waals surface area contributed by atoms with Gasteiger partial charge in [0.2, 0.25) is 0 Å². The van der Waals surface area contributed by atoms with Crippen LogP contribution in [-0.2, 0) is 14.3 Å². The molecule has 1 saturated heterocycles. The summed E-state index contributed by atoms with van der Waals surface area (Å²) in [4.78, 5) is 9.95. The maximum atomic E-state index is 9.95. The van der Waals surface area contributed by atoms with Crippen LogP contribution in [0.4, 0.5) is 0 Å². The molecule has 0 aromatic carbocycles. The van der Waals surface area contributed by atoms with Gasteiger partial charge >= 0.3 is 0 Å². The number of ether oxygens (including phenoxy) is 2. The number of rotatable bonds is 3. The molecule has 1 fully saturated rings. The van der Waals surface area contributed by atoms with Gasteiger partial charge in [0.15, 0.2) is 0 Å². The van der Waals surface area contributed by atoms with Crippen LogP contribution in [0.1, 0.15) is 20.8 Å². The van der Waals surface area contributed by atoms with Gasteiger partial charge in [-0.25, -0.2) is 0 Å². The van der Waals surface area contributed by atoms with Crippen molar-refractivity contribution >= 4 is 6.47 Å². The van der Waals surface area contributed by atoms with Crippen molar-refractivity contribution in [2.24, 2.45) is 5.41 Å². The molecule has 0 aliphatic carbocycles. The van der Waals surface area contributed by atoms with Crippen molar-refractivity contribution < 1.29 is 14.3 Å². The largest absolute Gasteiger partial charge is 0.466 e. The van der Waals surface area contributed by atoms with Gasteiger partial charge in [0, 0.05) is 5.41 Å². The molecule has 76 valence electrons. The Hall–Kier alpha value is -0.610. The molecule has 0 spiro atoms. The quantitative estimate of drug-likeness (QED) is 0.654. The molecule has 0 aromatic heterocycles. The van der Waals surface area contributed by atoms with Crippen LogP contribution in [0.3, 0.4) is 0 Å². The Bertz CT molecular complexity index is 176. The first-order chi connectivity index (χ1) is 6.04. The topological polar surface area (TPSA) is 47.6 Å². The molecule has 2 unspecified atom stereocenters. The lowest BCUT2D eigenvalue weighted by Crippen LogP contribution is -2.41. The Balaban J connectivity index is 2.32. The van der Waals surface area contributed by atoms with Crippen molar-refractivity contribution in [3.63, 3.8) is 0 Å². The molecule has 0 amide bonds. The Labute approximate surface area is 78.6 Å². The average Bonchev–Trinajstić information content (AvgIpc) is 2.47. The molecule has 1 N–H and O–H groups in total. The smallest absolute Gasteiger partial charge is 0.293 e. The highest BCUT2D eigenvalue weighted by molar-refractivity contribution is 5.36. The minimum atomic E-state index is 0.0488. The molecule has 0 aromatic rings. The third-order valence-electron chi connectivity index (χ3n) is 2.00. The van der Waals surface area contributed by atoms with E-state index in [1.807, 2.05) is 0 Å². The molecule has 1 aliphatic heterocycles. The molecule has 13 heavy (non-hydrogen) atoms. The van der Waals surface area contributed by atoms with Crippen LogP contribution in [0.25, 0.3) is 0 Å². The number of nitrogens with one attached hydrogen (secondary N) is 1. The molecular formula is C9H17NO3. The average molecular weight is 187 g/mol. The predicted octanol–water partition coefficient (Wildman–Crippen LogP) is 0.520. The summed E-state index contributed by atoms with van der Waals surface area (Å²) in [6.45, 7) is 7.77. The second-order valence-electron chi connectivity index (χ2n) is 4.37. The molecule has 1 rings (SSSR count). The van der Waals surface area contributed by atoms with Crippen LogP contribution in [-0.4, -0.2) is 32.0 Å². The fourth-order valence-corrected chi connectivity index (χ4v) is 1.27. The summed E-state index contributed by atoms with van der Waals surface area (Å²) in [6, 6.07) is 0.134. The summed E-state index contributed by atoms with van der Waals surface area (Å²) in [5.74, 6) is 0. The van der Waals surface area contributed by atoms with E-state index in [9.17, 15) is 4.79 Å². The zero-order valence-electron chi connectivity index (χ0n) is 8.37. The summed E-state index contributed by atoms with van der Waals surface area (Å²) in [5.41, 5.74) is 0.0793. The summed E-state index contributed by atoms with van der Waals surface area (Å²) >= 11 is 0. The van der Waals surface area contributed by atoms with E-state index in [4.69, 9.17) is 4.74 Å². The lowest BCUT2D eigenvalue weighted by Gasteiger charge is -2.26. The summed E-state index contributed by atoms with van der Waals surface area (Å²) in [5, 5.41) is 3.26. The van der Waals surface area contributed by atoms with Crippen LogP contribution in [0.15, 0.2) is 0 Å². The fourth-order valence-electron chi connectivity index (χ4n) is 1.27. The lowest BCUT2D eigenvalue weighted by atomic mass is 9.94. The monoisotopic (exact) mass is 187 g/mol. The molecule has 4 nitrogen and oxygen atoms in total. The normalized spacial score (nSPS) is 28.8. The standard InChI is InChI=1S/C9H17NO3/c1-9(2,3)8-10-7(5-13-8)4-12-6-11/h6-8,10H,4-5H2,1-3H3. The Morgan fingerprint density at radius 3 is 2.77 bits per heavy atom. The minimum absolute atomic E-state index is 0.0488. The van der Waals surface area contributed by atoms with Crippen molar-refractivity contribution in [1.29, 1.82) is 0 Å². The molecule has 2 atom stereocenters. The second kappa shape index (κ2) is 4.07. The maximum Gasteiger partial charge on any atom is 0.293 e. The predicted molar refractivity (Wildman–Crippen MR) is 48.1 cm³/mol. The molecule has 0 bridgehead atoms. The number of carbonyl (C=O) groups is 1. The van der Waals surface area contributed by atoms with E-state index in [-0.39, 0.29) is 17.7 Å². The van der Waals surface area contributed by atoms with E-state index in [0.717, 1.165) is 0 Å².